The molecule has 0 aromatic heterocycles. The summed E-state index contributed by atoms with van der Waals surface area (Å²) < 4.78 is 47.2. The Morgan fingerprint density at radius 2 is 1.85 bits per heavy atom. The molecule has 2 aromatic carbocycles. The third kappa shape index (κ3) is 5.42. The minimum atomic E-state index is -4.83. The number of hydrogen-bond donors (Lipinski definition) is 1. The van der Waals surface area contributed by atoms with Crippen molar-refractivity contribution in [1.82, 2.24) is 0 Å². The zero-order valence-electron chi connectivity index (χ0n) is 17.6. The number of nitrogens with one attached hydrogen (secondary N) is 1. The predicted molar refractivity (Wildman–Crippen MR) is 117 cm³/mol. The quantitative estimate of drug-likeness (QED) is 0.401. The summed E-state index contributed by atoms with van der Waals surface area (Å²) in [5.41, 5.74) is -1.76. The van der Waals surface area contributed by atoms with Crippen LogP contribution in [0.3, 0.4) is 0 Å². The molecule has 2 aromatic rings. The zero-order chi connectivity index (χ0) is 24.4. The normalized spacial score (nSPS) is 17.8. The van der Waals surface area contributed by atoms with Crippen LogP contribution in [0.1, 0.15) is 36.5 Å². The van der Waals surface area contributed by atoms with Gasteiger partial charge in [0, 0.05) is 33.3 Å². The van der Waals surface area contributed by atoms with Crippen molar-refractivity contribution in [3.63, 3.8) is 0 Å². The van der Waals surface area contributed by atoms with Crippen LogP contribution in [-0.2, 0) is 24.8 Å². The Morgan fingerprint density at radius 1 is 1.18 bits per heavy atom. The van der Waals surface area contributed by atoms with E-state index in [0.717, 1.165) is 12.1 Å². The third-order valence-corrected chi connectivity index (χ3v) is 5.41. The molecule has 0 aliphatic carbocycles. The van der Waals surface area contributed by atoms with Crippen LogP contribution < -0.4 is 5.32 Å². The molecule has 1 unspecified atom stereocenters. The highest BCUT2D eigenvalue weighted by atomic mass is 35.5. The average molecular weight is 503 g/mol. The Kier molecular flexibility index (Phi) is 7.23. The lowest BCUT2D eigenvalue weighted by Gasteiger charge is -2.29. The Balaban J connectivity index is 1.88. The van der Waals surface area contributed by atoms with Gasteiger partial charge in [0.15, 0.2) is 0 Å². The molecule has 1 amide bonds. The van der Waals surface area contributed by atoms with E-state index >= 15 is 0 Å². The Morgan fingerprint density at radius 3 is 2.45 bits per heavy atom. The highest BCUT2D eigenvalue weighted by molar-refractivity contribution is 6.34. The topological polar surface area (TPSA) is 77.0 Å². The monoisotopic (exact) mass is 502 g/mol. The van der Waals surface area contributed by atoms with Crippen molar-refractivity contribution < 1.29 is 32.3 Å². The predicted octanol–water partition coefficient (Wildman–Crippen LogP) is 5.78. The van der Waals surface area contributed by atoms with Crippen molar-refractivity contribution >= 4 is 46.5 Å². The van der Waals surface area contributed by atoms with E-state index in [1.807, 2.05) is 0 Å². The van der Waals surface area contributed by atoms with Crippen molar-refractivity contribution in [3.8, 4) is 0 Å². The molecule has 0 saturated heterocycles. The van der Waals surface area contributed by atoms with Gasteiger partial charge < -0.3 is 14.9 Å². The number of aryl methyl sites for hydroxylation is 1. The number of oxime groups is 1. The van der Waals surface area contributed by atoms with Crippen molar-refractivity contribution in [1.29, 1.82) is 0 Å². The number of alkyl halides is 3. The van der Waals surface area contributed by atoms with Crippen LogP contribution in [0.25, 0.3) is 0 Å². The van der Waals surface area contributed by atoms with Crippen LogP contribution in [0, 0.1) is 6.92 Å². The lowest BCUT2D eigenvalue weighted by Crippen LogP contribution is -2.42. The van der Waals surface area contributed by atoms with Crippen LogP contribution in [-0.4, -0.2) is 30.4 Å². The summed E-state index contributed by atoms with van der Waals surface area (Å²) in [7, 11) is 0. The summed E-state index contributed by atoms with van der Waals surface area (Å²) in [6.07, 6.45) is -5.95. The van der Waals surface area contributed by atoms with E-state index in [0.29, 0.717) is 16.8 Å². The number of rotatable bonds is 6. The van der Waals surface area contributed by atoms with Gasteiger partial charge in [-0.1, -0.05) is 40.5 Å². The maximum atomic E-state index is 14.2. The third-order valence-electron chi connectivity index (χ3n) is 4.97. The van der Waals surface area contributed by atoms with Crippen LogP contribution in [0.15, 0.2) is 41.6 Å². The molecular weight excluding hydrogens is 484 g/mol. The van der Waals surface area contributed by atoms with E-state index in [2.05, 4.69) is 10.5 Å². The molecule has 1 aliphatic rings. The average Bonchev–Trinajstić information content (AvgIpc) is 3.16. The van der Waals surface area contributed by atoms with Crippen molar-refractivity contribution in [2.75, 3.05) is 11.9 Å². The molecule has 1 heterocycles. The second-order valence-electron chi connectivity index (χ2n) is 7.35. The molecule has 6 nitrogen and oxygen atoms in total. The first-order chi connectivity index (χ1) is 15.4. The summed E-state index contributed by atoms with van der Waals surface area (Å²) in [6.45, 7) is 3.45. The number of amides is 1. The first-order valence-corrected chi connectivity index (χ1v) is 10.6. The van der Waals surface area contributed by atoms with Crippen LogP contribution in [0.4, 0.5) is 18.9 Å². The number of carbonyl (C=O) groups is 2. The summed E-state index contributed by atoms with van der Waals surface area (Å²) in [5.74, 6) is -1.30. The van der Waals surface area contributed by atoms with E-state index in [1.54, 1.807) is 26.0 Å². The first kappa shape index (κ1) is 24.9. The maximum absolute atomic E-state index is 14.2. The number of esters is 1. The molecule has 0 saturated carbocycles. The van der Waals surface area contributed by atoms with Gasteiger partial charge in [-0.3, -0.25) is 9.59 Å². The maximum Gasteiger partial charge on any atom is 0.435 e. The van der Waals surface area contributed by atoms with Gasteiger partial charge >= 0.3 is 12.1 Å². The number of ether oxygens (including phenoxy) is 1. The Bertz CT molecular complexity index is 1100. The Labute approximate surface area is 197 Å². The standard InChI is InChI=1S/C22H19Cl2F3N2O4/c1-3-32-20(31)10-19(30)28-17-6-13(5-4-12(17)2)18-11-21(33-29-18,22(25,26)27)14-7-15(23)9-16(24)8-14/h4-9H,3,10-11H2,1-2H3,(H,28,30). The molecule has 3 rings (SSSR count). The molecule has 1 atom stereocenters. The summed E-state index contributed by atoms with van der Waals surface area (Å²) >= 11 is 11.8. The molecule has 0 spiro atoms. The smallest absolute Gasteiger partial charge is 0.435 e. The van der Waals surface area contributed by atoms with Crippen molar-refractivity contribution in [3.05, 3.63) is 63.1 Å². The molecule has 0 bridgehead atoms. The van der Waals surface area contributed by atoms with Crippen LogP contribution in [0.5, 0.6) is 0 Å². The van der Waals surface area contributed by atoms with Gasteiger partial charge in [-0.2, -0.15) is 13.2 Å². The number of halogens is 5. The van der Waals surface area contributed by atoms with Crippen LogP contribution in [0.2, 0.25) is 10.0 Å². The summed E-state index contributed by atoms with van der Waals surface area (Å²) in [5, 5.41) is 6.33. The first-order valence-electron chi connectivity index (χ1n) is 9.80. The highest BCUT2D eigenvalue weighted by Gasteiger charge is 2.62. The minimum absolute atomic E-state index is 0.0179. The number of hydrogen-bond acceptors (Lipinski definition) is 5. The lowest BCUT2D eigenvalue weighted by atomic mass is 9.86. The zero-order valence-corrected chi connectivity index (χ0v) is 19.1. The van der Waals surface area contributed by atoms with Gasteiger partial charge in [-0.05, 0) is 43.7 Å². The Hall–Kier alpha value is -2.78. The molecule has 0 radical (unpaired) electrons. The molecule has 1 N–H and O–H groups in total. The fourth-order valence-electron chi connectivity index (χ4n) is 3.32. The molecule has 176 valence electrons. The highest BCUT2D eigenvalue weighted by Crippen LogP contribution is 2.49. The van der Waals surface area contributed by atoms with Gasteiger partial charge in [0.05, 0.1) is 12.3 Å². The molecule has 0 fully saturated rings. The number of anilines is 1. The van der Waals surface area contributed by atoms with E-state index in [9.17, 15) is 22.8 Å². The van der Waals surface area contributed by atoms with Gasteiger partial charge in [0.2, 0.25) is 5.91 Å². The van der Waals surface area contributed by atoms with Gasteiger partial charge in [-0.25, -0.2) is 0 Å². The fraction of sp³-hybridized carbons (Fsp3) is 0.318. The minimum Gasteiger partial charge on any atom is -0.466 e. The summed E-state index contributed by atoms with van der Waals surface area (Å²) in [4.78, 5) is 28.6. The lowest BCUT2D eigenvalue weighted by molar-refractivity contribution is -0.275. The van der Waals surface area contributed by atoms with E-state index in [-0.39, 0.29) is 27.9 Å². The van der Waals surface area contributed by atoms with Crippen molar-refractivity contribution in [2.45, 2.75) is 38.5 Å². The molecule has 33 heavy (non-hydrogen) atoms. The van der Waals surface area contributed by atoms with E-state index in [1.165, 1.54) is 12.1 Å². The number of nitrogens with zero attached hydrogens (tertiary/aromatic N) is 1. The van der Waals surface area contributed by atoms with Gasteiger partial charge in [-0.15, -0.1) is 0 Å². The van der Waals surface area contributed by atoms with E-state index in [4.69, 9.17) is 32.8 Å². The fourth-order valence-corrected chi connectivity index (χ4v) is 3.85. The van der Waals surface area contributed by atoms with Crippen LogP contribution >= 0.6 is 23.2 Å². The molecule has 1 aliphatic heterocycles. The van der Waals surface area contributed by atoms with Gasteiger partial charge in [0.1, 0.15) is 6.42 Å². The molecule has 11 heteroatoms. The summed E-state index contributed by atoms with van der Waals surface area (Å²) in [6, 6.07) is 8.24. The second-order valence-corrected chi connectivity index (χ2v) is 8.22. The largest absolute Gasteiger partial charge is 0.466 e. The second kappa shape index (κ2) is 9.61. The van der Waals surface area contributed by atoms with Gasteiger partial charge in [0.25, 0.3) is 5.60 Å². The number of carbonyl (C=O) groups excluding carboxylic acids is 2. The van der Waals surface area contributed by atoms with E-state index < -0.39 is 36.5 Å². The number of benzene rings is 2. The molecular formula is C22H19Cl2F3N2O4. The SMILES string of the molecule is CCOC(=O)CC(=O)Nc1cc(C2=NOC(c3cc(Cl)cc(Cl)c3)(C(F)(F)F)C2)ccc1C. The van der Waals surface area contributed by atoms with Crippen molar-refractivity contribution in [2.24, 2.45) is 5.16 Å².